The van der Waals surface area contributed by atoms with Crippen LogP contribution >= 0.6 is 31.9 Å². The summed E-state index contributed by atoms with van der Waals surface area (Å²) >= 11 is 7.00. The minimum absolute atomic E-state index is 0.0153. The van der Waals surface area contributed by atoms with Crippen LogP contribution in [0, 0.1) is 6.92 Å². The molecule has 0 aromatic heterocycles. The van der Waals surface area contributed by atoms with Gasteiger partial charge >= 0.3 is 0 Å². The number of rotatable bonds is 3. The molecule has 2 N–H and O–H groups in total. The van der Waals surface area contributed by atoms with Gasteiger partial charge in [0.05, 0.1) is 12.2 Å². The minimum atomic E-state index is 0.0153. The Morgan fingerprint density at radius 2 is 1.81 bits per heavy atom. The van der Waals surface area contributed by atoms with Gasteiger partial charge < -0.3 is 10.6 Å². The minimum Gasteiger partial charge on any atom is -0.323 e. The monoisotopic (exact) mass is 417 g/mol. The Kier molecular flexibility index (Phi) is 5.82. The molecule has 1 fully saturated rings. The molecule has 1 aromatic rings. The molecule has 1 heterocycles. The van der Waals surface area contributed by atoms with Crippen LogP contribution in [0.3, 0.4) is 0 Å². The second-order valence-corrected chi connectivity index (χ2v) is 7.52. The maximum absolute atomic E-state index is 12.3. The van der Waals surface area contributed by atoms with Crippen LogP contribution in [-0.4, -0.2) is 42.5 Å². The summed E-state index contributed by atoms with van der Waals surface area (Å²) in [5.41, 5.74) is 1.93. The highest BCUT2D eigenvalue weighted by molar-refractivity contribution is 9.11. The summed E-state index contributed by atoms with van der Waals surface area (Å²) in [4.78, 5) is 14.5. The standard InChI is InChI=1S/C15H21Br2N3O/c1-9-4-12(16)15(13(17)5-9)19-14(21)8-20-6-10(2)18-11(3)7-20/h4-5,10-11,18H,6-8H2,1-3H3,(H,19,21). The van der Waals surface area contributed by atoms with Gasteiger partial charge in [0.25, 0.3) is 0 Å². The highest BCUT2D eigenvalue weighted by Gasteiger charge is 2.23. The van der Waals surface area contributed by atoms with Crippen LogP contribution in [0.1, 0.15) is 19.4 Å². The maximum atomic E-state index is 12.3. The number of piperazine rings is 1. The van der Waals surface area contributed by atoms with Crippen molar-refractivity contribution in [3.05, 3.63) is 26.6 Å². The average molecular weight is 419 g/mol. The largest absolute Gasteiger partial charge is 0.323 e. The number of hydrogen-bond acceptors (Lipinski definition) is 3. The Morgan fingerprint density at radius 1 is 1.29 bits per heavy atom. The summed E-state index contributed by atoms with van der Waals surface area (Å²) in [6, 6.07) is 4.82. The summed E-state index contributed by atoms with van der Waals surface area (Å²) in [5.74, 6) is 0.0153. The Hall–Kier alpha value is -0.430. The van der Waals surface area contributed by atoms with Gasteiger partial charge in [-0.05, 0) is 70.3 Å². The zero-order valence-electron chi connectivity index (χ0n) is 12.5. The maximum Gasteiger partial charge on any atom is 0.238 e. The molecule has 2 unspecified atom stereocenters. The van der Waals surface area contributed by atoms with E-state index in [4.69, 9.17) is 0 Å². The first-order valence-electron chi connectivity index (χ1n) is 7.09. The Balaban J connectivity index is 1.99. The van der Waals surface area contributed by atoms with E-state index in [1.54, 1.807) is 0 Å². The first-order chi connectivity index (χ1) is 9.85. The van der Waals surface area contributed by atoms with Crippen LogP contribution in [0.4, 0.5) is 5.69 Å². The molecule has 4 nitrogen and oxygen atoms in total. The molecule has 0 saturated carbocycles. The predicted molar refractivity (Wildman–Crippen MR) is 93.7 cm³/mol. The second kappa shape index (κ2) is 7.22. The Labute approximate surface area is 142 Å². The van der Waals surface area contributed by atoms with Gasteiger partial charge in [0.2, 0.25) is 5.91 Å². The quantitative estimate of drug-likeness (QED) is 0.792. The van der Waals surface area contributed by atoms with Gasteiger partial charge in [0.1, 0.15) is 0 Å². The number of anilines is 1. The molecular weight excluding hydrogens is 398 g/mol. The van der Waals surface area contributed by atoms with Crippen molar-refractivity contribution in [2.24, 2.45) is 0 Å². The number of carbonyl (C=O) groups is 1. The lowest BCUT2D eigenvalue weighted by atomic mass is 10.1. The topological polar surface area (TPSA) is 44.4 Å². The van der Waals surface area contributed by atoms with Crippen LogP contribution < -0.4 is 10.6 Å². The summed E-state index contributed by atoms with van der Waals surface area (Å²) in [6.07, 6.45) is 0. The van der Waals surface area contributed by atoms with E-state index in [2.05, 4.69) is 61.2 Å². The SMILES string of the molecule is Cc1cc(Br)c(NC(=O)CN2CC(C)NC(C)C2)c(Br)c1. The second-order valence-electron chi connectivity index (χ2n) is 5.81. The van der Waals surface area contributed by atoms with E-state index in [1.807, 2.05) is 19.1 Å². The zero-order chi connectivity index (χ0) is 15.6. The van der Waals surface area contributed by atoms with E-state index in [1.165, 1.54) is 0 Å². The lowest BCUT2D eigenvalue weighted by molar-refractivity contribution is -0.117. The molecule has 1 aliphatic heterocycles. The normalized spacial score (nSPS) is 23.1. The fraction of sp³-hybridized carbons (Fsp3) is 0.533. The van der Waals surface area contributed by atoms with Crippen molar-refractivity contribution in [1.82, 2.24) is 10.2 Å². The van der Waals surface area contributed by atoms with Crippen LogP contribution in [0.2, 0.25) is 0 Å². The summed E-state index contributed by atoms with van der Waals surface area (Å²) in [7, 11) is 0. The fourth-order valence-electron chi connectivity index (χ4n) is 2.77. The van der Waals surface area contributed by atoms with Gasteiger partial charge in [0.15, 0.2) is 0 Å². The number of amides is 1. The van der Waals surface area contributed by atoms with Crippen LogP contribution in [0.5, 0.6) is 0 Å². The third-order valence-corrected chi connectivity index (χ3v) is 4.70. The molecule has 0 radical (unpaired) electrons. The van der Waals surface area contributed by atoms with Crippen molar-refractivity contribution in [2.75, 3.05) is 25.0 Å². The number of nitrogens with zero attached hydrogens (tertiary/aromatic N) is 1. The molecule has 1 aliphatic rings. The van der Waals surface area contributed by atoms with Gasteiger partial charge in [-0.1, -0.05) is 0 Å². The van der Waals surface area contributed by atoms with Gasteiger partial charge in [-0.25, -0.2) is 0 Å². The third kappa shape index (κ3) is 4.77. The van der Waals surface area contributed by atoms with Gasteiger partial charge in [-0.3, -0.25) is 9.69 Å². The molecule has 1 aromatic carbocycles. The van der Waals surface area contributed by atoms with Gasteiger partial charge in [-0.2, -0.15) is 0 Å². The molecule has 6 heteroatoms. The highest BCUT2D eigenvalue weighted by Crippen LogP contribution is 2.32. The molecule has 2 rings (SSSR count). The molecule has 0 spiro atoms. The molecule has 116 valence electrons. The van der Waals surface area contributed by atoms with Crippen molar-refractivity contribution in [1.29, 1.82) is 0 Å². The smallest absolute Gasteiger partial charge is 0.238 e. The van der Waals surface area contributed by atoms with Crippen LogP contribution in [0.25, 0.3) is 0 Å². The average Bonchev–Trinajstić information content (AvgIpc) is 2.32. The van der Waals surface area contributed by atoms with E-state index in [-0.39, 0.29) is 5.91 Å². The fourth-order valence-corrected chi connectivity index (χ4v) is 4.38. The zero-order valence-corrected chi connectivity index (χ0v) is 15.7. The number of aryl methyl sites for hydroxylation is 1. The van der Waals surface area contributed by atoms with Crippen molar-refractivity contribution < 1.29 is 4.79 Å². The van der Waals surface area contributed by atoms with Crippen molar-refractivity contribution in [2.45, 2.75) is 32.9 Å². The summed E-state index contributed by atoms with van der Waals surface area (Å²) < 4.78 is 1.79. The number of hydrogen-bond donors (Lipinski definition) is 2. The third-order valence-electron chi connectivity index (χ3n) is 3.45. The van der Waals surface area contributed by atoms with Gasteiger partial charge in [0, 0.05) is 34.1 Å². The first-order valence-corrected chi connectivity index (χ1v) is 8.67. The summed E-state index contributed by atoms with van der Waals surface area (Å²) in [6.45, 7) is 8.52. The molecule has 21 heavy (non-hydrogen) atoms. The number of benzene rings is 1. The van der Waals surface area contributed by atoms with Gasteiger partial charge in [-0.15, -0.1) is 0 Å². The lowest BCUT2D eigenvalue weighted by Crippen LogP contribution is -2.55. The highest BCUT2D eigenvalue weighted by atomic mass is 79.9. The number of nitrogens with one attached hydrogen (secondary N) is 2. The van der Waals surface area contributed by atoms with Crippen molar-refractivity contribution >= 4 is 43.5 Å². The molecule has 1 amide bonds. The van der Waals surface area contributed by atoms with E-state index >= 15 is 0 Å². The molecule has 1 saturated heterocycles. The molecule has 0 aliphatic carbocycles. The van der Waals surface area contributed by atoms with E-state index in [0.717, 1.165) is 33.3 Å². The van der Waals surface area contributed by atoms with Crippen molar-refractivity contribution in [3.63, 3.8) is 0 Å². The molecular formula is C15H21Br2N3O. The molecule has 0 bridgehead atoms. The Bertz CT molecular complexity index is 503. The van der Waals surface area contributed by atoms with Crippen LogP contribution in [0.15, 0.2) is 21.1 Å². The first kappa shape index (κ1) is 16.9. The molecule has 2 atom stereocenters. The number of halogens is 2. The van der Waals surface area contributed by atoms with E-state index in [0.29, 0.717) is 18.6 Å². The predicted octanol–water partition coefficient (Wildman–Crippen LogP) is 3.14. The van der Waals surface area contributed by atoms with E-state index < -0.39 is 0 Å². The van der Waals surface area contributed by atoms with Crippen LogP contribution in [-0.2, 0) is 4.79 Å². The summed E-state index contributed by atoms with van der Waals surface area (Å²) in [5, 5.41) is 6.46. The van der Waals surface area contributed by atoms with E-state index in [9.17, 15) is 4.79 Å². The Morgan fingerprint density at radius 3 is 2.33 bits per heavy atom. The van der Waals surface area contributed by atoms with Crippen molar-refractivity contribution in [3.8, 4) is 0 Å². The number of carbonyl (C=O) groups excluding carboxylic acids is 1. The lowest BCUT2D eigenvalue weighted by Gasteiger charge is -2.35.